The van der Waals surface area contributed by atoms with Gasteiger partial charge in [0, 0.05) is 66.0 Å². The van der Waals surface area contributed by atoms with Crippen LogP contribution in [0, 0.1) is 0 Å². The monoisotopic (exact) mass is 1100 g/mol. The molecule has 3 heterocycles. The number of allylic oxidation sites excluding steroid dienone is 1. The van der Waals surface area contributed by atoms with E-state index in [4.69, 9.17) is 15.0 Å². The van der Waals surface area contributed by atoms with E-state index in [1.807, 2.05) is 11.3 Å². The molecule has 1 aliphatic rings. The van der Waals surface area contributed by atoms with E-state index < -0.39 is 0 Å². The van der Waals surface area contributed by atoms with Gasteiger partial charge in [-0.2, -0.15) is 0 Å². The first-order valence-electron chi connectivity index (χ1n) is 29.3. The van der Waals surface area contributed by atoms with E-state index in [1.165, 1.54) is 146 Å². The van der Waals surface area contributed by atoms with E-state index in [2.05, 4.69) is 261 Å². The lowest BCUT2D eigenvalue weighted by Crippen LogP contribution is -2.02. The van der Waals surface area contributed by atoms with Crippen molar-refractivity contribution in [2.24, 2.45) is 0 Å². The van der Waals surface area contributed by atoms with Crippen molar-refractivity contribution in [2.45, 2.75) is 12.8 Å². The number of hydrogen-bond donors (Lipinski definition) is 0. The molecular formula is C81H49N3S. The minimum absolute atomic E-state index is 0.937. The van der Waals surface area contributed by atoms with Gasteiger partial charge in [-0.25, -0.2) is 0 Å². The van der Waals surface area contributed by atoms with Crippen LogP contribution in [0.3, 0.4) is 0 Å². The van der Waals surface area contributed by atoms with Gasteiger partial charge in [0.25, 0.3) is 0 Å². The molecule has 0 saturated carbocycles. The van der Waals surface area contributed by atoms with Crippen molar-refractivity contribution in [3.05, 3.63) is 284 Å². The van der Waals surface area contributed by atoms with Crippen LogP contribution in [-0.4, -0.2) is 15.0 Å². The first kappa shape index (κ1) is 47.9. The summed E-state index contributed by atoms with van der Waals surface area (Å²) in [5, 5.41) is 19.9. The number of hydrogen-bond acceptors (Lipinski definition) is 4. The highest BCUT2D eigenvalue weighted by atomic mass is 32.1. The van der Waals surface area contributed by atoms with Crippen LogP contribution in [0.4, 0.5) is 0 Å². The summed E-state index contributed by atoms with van der Waals surface area (Å²) in [5.74, 6) is 0. The second-order valence-electron chi connectivity index (χ2n) is 22.9. The van der Waals surface area contributed by atoms with Crippen LogP contribution in [0.15, 0.2) is 267 Å². The maximum Gasteiger partial charge on any atom is 0.0971 e. The molecule has 0 N–H and O–H groups in total. The van der Waals surface area contributed by atoms with Gasteiger partial charge in [0.1, 0.15) is 0 Å². The Morgan fingerprint density at radius 2 is 0.765 bits per heavy atom. The van der Waals surface area contributed by atoms with Crippen LogP contribution in [0.1, 0.15) is 23.1 Å². The topological polar surface area (TPSA) is 38.7 Å². The molecule has 0 atom stereocenters. The quantitative estimate of drug-likeness (QED) is 0.156. The Bertz CT molecular complexity index is 5680. The summed E-state index contributed by atoms with van der Waals surface area (Å²) in [7, 11) is 0. The lowest BCUT2D eigenvalue weighted by atomic mass is 9.81. The second kappa shape index (κ2) is 18.9. The van der Waals surface area contributed by atoms with E-state index in [-0.39, 0.29) is 0 Å². The third kappa shape index (κ3) is 7.62. The Balaban J connectivity index is 0.733. The van der Waals surface area contributed by atoms with Crippen LogP contribution < -0.4 is 0 Å². The molecule has 0 spiro atoms. The predicted molar refractivity (Wildman–Crippen MR) is 363 cm³/mol. The van der Waals surface area contributed by atoms with Gasteiger partial charge in [-0.15, -0.1) is 11.3 Å². The summed E-state index contributed by atoms with van der Waals surface area (Å²) in [6.45, 7) is 0. The van der Waals surface area contributed by atoms with Crippen LogP contribution in [0.5, 0.6) is 0 Å². The Kier molecular flexibility index (Phi) is 10.7. The maximum absolute atomic E-state index is 5.13. The summed E-state index contributed by atoms with van der Waals surface area (Å²) in [4.78, 5) is 14.8. The van der Waals surface area contributed by atoms with E-state index in [1.54, 1.807) is 12.4 Å². The number of nitrogens with zero attached hydrogens (tertiary/aromatic N) is 3. The molecule has 3 nitrogen and oxygen atoms in total. The summed E-state index contributed by atoms with van der Waals surface area (Å²) in [6, 6.07) is 92.4. The average Bonchev–Trinajstić information content (AvgIpc) is 2.46. The molecular weight excluding hydrogens is 1050 g/mol. The van der Waals surface area contributed by atoms with Crippen molar-refractivity contribution < 1.29 is 0 Å². The number of aromatic nitrogens is 3. The van der Waals surface area contributed by atoms with E-state index in [0.29, 0.717) is 0 Å². The fourth-order valence-corrected chi connectivity index (χ4v) is 15.5. The summed E-state index contributed by atoms with van der Waals surface area (Å²) in [6.07, 6.45) is 10.1. The first-order valence-corrected chi connectivity index (χ1v) is 30.1. The molecule has 0 aliphatic heterocycles. The van der Waals surface area contributed by atoms with Gasteiger partial charge >= 0.3 is 0 Å². The minimum atomic E-state index is 0.937. The zero-order valence-electron chi connectivity index (χ0n) is 46.1. The standard InChI is InChI=1S/C81H49N3S/c1-5-25-63-58(20-1)59-21-3-6-26-64(59)76-47-84-77(46-73(63)76)56-19-13-17-51(40-56)50-16-12-18-55(39-50)70-44-57(45-75-68-27-9-10-29-78(68)85-81(70)75)54-32-33-65-60-22-2-4-24-62(60)71-41-52(31-35-67(71)72(65)42-54)48-14-11-15-49(38-48)53-30-34-66-61-23-7-8-28-69(61)79-80(74(66)43-53)83-37-36-82-79/h1-30,32-34,36-47H,31,35H2. The van der Waals surface area contributed by atoms with Gasteiger partial charge in [-0.1, -0.05) is 200 Å². The van der Waals surface area contributed by atoms with Gasteiger partial charge in [-0.3, -0.25) is 15.0 Å². The highest BCUT2D eigenvalue weighted by molar-refractivity contribution is 7.26. The van der Waals surface area contributed by atoms with Gasteiger partial charge in [0.05, 0.1) is 16.7 Å². The Labute approximate surface area is 494 Å². The van der Waals surface area contributed by atoms with Crippen LogP contribution in [-0.2, 0) is 6.42 Å². The maximum atomic E-state index is 5.13. The lowest BCUT2D eigenvalue weighted by Gasteiger charge is -2.22. The number of benzene rings is 14. The summed E-state index contributed by atoms with van der Waals surface area (Å²) < 4.78 is 2.60. The predicted octanol–water partition coefficient (Wildman–Crippen LogP) is 22.3. The van der Waals surface area contributed by atoms with Crippen LogP contribution in [0.25, 0.3) is 174 Å². The molecule has 394 valence electrons. The van der Waals surface area contributed by atoms with E-state index in [9.17, 15) is 0 Å². The molecule has 0 fully saturated rings. The number of aryl methyl sites for hydroxylation is 1. The Morgan fingerprint density at radius 3 is 1.48 bits per heavy atom. The molecule has 18 rings (SSSR count). The molecule has 0 amide bonds. The minimum Gasteiger partial charge on any atom is -0.256 e. The molecule has 85 heavy (non-hydrogen) atoms. The van der Waals surface area contributed by atoms with Crippen molar-refractivity contribution in [2.75, 3.05) is 0 Å². The second-order valence-corrected chi connectivity index (χ2v) is 23.9. The molecule has 14 aromatic carbocycles. The number of thiophene rings is 1. The Hall–Kier alpha value is -10.7. The van der Waals surface area contributed by atoms with Crippen LogP contribution >= 0.6 is 11.3 Å². The van der Waals surface area contributed by atoms with E-state index >= 15 is 0 Å². The third-order valence-electron chi connectivity index (χ3n) is 18.3. The molecule has 3 aromatic heterocycles. The third-order valence-corrected chi connectivity index (χ3v) is 19.5. The van der Waals surface area contributed by atoms with Gasteiger partial charge in [0.2, 0.25) is 0 Å². The molecule has 4 heteroatoms. The number of pyridine rings is 1. The molecule has 1 aliphatic carbocycles. The van der Waals surface area contributed by atoms with Crippen molar-refractivity contribution in [3.63, 3.8) is 0 Å². The zero-order chi connectivity index (χ0) is 55.7. The lowest BCUT2D eigenvalue weighted by molar-refractivity contribution is 1.02. The fraction of sp³-hybridized carbons (Fsp3) is 0.0247. The van der Waals surface area contributed by atoms with Gasteiger partial charge < -0.3 is 0 Å². The van der Waals surface area contributed by atoms with Gasteiger partial charge in [-0.05, 0) is 188 Å². The normalized spacial score (nSPS) is 12.7. The van der Waals surface area contributed by atoms with E-state index in [0.717, 1.165) is 51.5 Å². The molecule has 0 unspecified atom stereocenters. The van der Waals surface area contributed by atoms with Crippen molar-refractivity contribution >= 4 is 130 Å². The smallest absolute Gasteiger partial charge is 0.0971 e. The van der Waals surface area contributed by atoms with Crippen LogP contribution in [0.2, 0.25) is 0 Å². The average molecular weight is 1100 g/mol. The van der Waals surface area contributed by atoms with Gasteiger partial charge in [0.15, 0.2) is 0 Å². The fourth-order valence-electron chi connectivity index (χ4n) is 14.2. The van der Waals surface area contributed by atoms with Crippen molar-refractivity contribution in [3.8, 4) is 55.8 Å². The number of fused-ring (bicyclic) bond motifs is 21. The van der Waals surface area contributed by atoms with Crippen molar-refractivity contribution in [1.29, 1.82) is 0 Å². The largest absolute Gasteiger partial charge is 0.256 e. The molecule has 0 bridgehead atoms. The SMILES string of the molecule is C1=C(c2cccc(-c3ccc4c5ccccc5c5nccnc5c4c3)c2)CCc2c1c1ccccc1c1ccc(-c3cc(-c4cccc(-c5cccc(-c6cc7c8ccccc8c8ccccc8c7cn6)c5)c4)c4sc5ccccc5c4c3)cc21. The highest BCUT2D eigenvalue weighted by Crippen LogP contribution is 2.47. The zero-order valence-corrected chi connectivity index (χ0v) is 47.0. The summed E-state index contributed by atoms with van der Waals surface area (Å²) in [5.41, 5.74) is 18.9. The molecule has 0 radical (unpaired) electrons. The number of rotatable bonds is 6. The highest BCUT2D eigenvalue weighted by Gasteiger charge is 2.22. The first-order chi connectivity index (χ1) is 42.1. The Morgan fingerprint density at radius 1 is 0.282 bits per heavy atom. The summed E-state index contributed by atoms with van der Waals surface area (Å²) >= 11 is 1.89. The molecule has 17 aromatic rings. The van der Waals surface area contributed by atoms with Crippen molar-refractivity contribution in [1.82, 2.24) is 15.0 Å². The molecule has 0 saturated heterocycles.